The summed E-state index contributed by atoms with van der Waals surface area (Å²) in [6.45, 7) is 7.14. The molecule has 1 heterocycles. The van der Waals surface area contributed by atoms with Gasteiger partial charge in [0, 0.05) is 18.3 Å². The van der Waals surface area contributed by atoms with Gasteiger partial charge < -0.3 is 0 Å². The third kappa shape index (κ3) is 2.67. The van der Waals surface area contributed by atoms with Crippen molar-refractivity contribution in [3.05, 3.63) is 41.6 Å². The van der Waals surface area contributed by atoms with E-state index < -0.39 is 0 Å². The van der Waals surface area contributed by atoms with Gasteiger partial charge in [-0.1, -0.05) is 43.7 Å². The quantitative estimate of drug-likeness (QED) is 0.771. The van der Waals surface area contributed by atoms with Gasteiger partial charge in [0.25, 0.3) is 0 Å². The highest BCUT2D eigenvalue weighted by Gasteiger charge is 2.11. The lowest BCUT2D eigenvalue weighted by molar-refractivity contribution is 0.112. The monoisotopic (exact) mass is 242 g/mol. The van der Waals surface area contributed by atoms with Crippen LogP contribution in [0.4, 0.5) is 0 Å². The summed E-state index contributed by atoms with van der Waals surface area (Å²) in [7, 11) is 0. The van der Waals surface area contributed by atoms with E-state index in [1.54, 1.807) is 0 Å². The minimum Gasteiger partial charge on any atom is -0.298 e. The Labute approximate surface area is 107 Å². The maximum atomic E-state index is 11.1. The fraction of sp³-hybridized carbons (Fsp3) is 0.333. The largest absolute Gasteiger partial charge is 0.298 e. The summed E-state index contributed by atoms with van der Waals surface area (Å²) in [5, 5.41) is 4.51. The summed E-state index contributed by atoms with van der Waals surface area (Å²) in [6, 6.07) is 8.07. The fourth-order valence-electron chi connectivity index (χ4n) is 1.93. The van der Waals surface area contributed by atoms with Crippen LogP contribution in [0.3, 0.4) is 0 Å². The number of aldehydes is 1. The molecule has 1 aromatic carbocycles. The van der Waals surface area contributed by atoms with Crippen molar-refractivity contribution in [1.82, 2.24) is 9.78 Å². The molecule has 0 N–H and O–H groups in total. The van der Waals surface area contributed by atoms with Crippen LogP contribution in [0.25, 0.3) is 11.3 Å². The van der Waals surface area contributed by atoms with Crippen molar-refractivity contribution >= 4 is 6.29 Å². The Hall–Kier alpha value is -1.90. The molecule has 3 nitrogen and oxygen atoms in total. The lowest BCUT2D eigenvalue weighted by atomic mass is 10.1. The van der Waals surface area contributed by atoms with Crippen molar-refractivity contribution in [1.29, 1.82) is 0 Å². The van der Waals surface area contributed by atoms with Gasteiger partial charge in [-0.25, -0.2) is 0 Å². The number of carbonyl (C=O) groups is 1. The van der Waals surface area contributed by atoms with E-state index in [9.17, 15) is 4.79 Å². The van der Waals surface area contributed by atoms with Crippen LogP contribution in [0.5, 0.6) is 0 Å². The molecular weight excluding hydrogens is 224 g/mol. The van der Waals surface area contributed by atoms with Crippen LogP contribution in [-0.2, 0) is 6.54 Å². The molecule has 0 atom stereocenters. The van der Waals surface area contributed by atoms with Crippen LogP contribution < -0.4 is 0 Å². The van der Waals surface area contributed by atoms with E-state index in [1.807, 2.05) is 42.1 Å². The Balaban J connectivity index is 2.39. The van der Waals surface area contributed by atoms with Crippen LogP contribution in [0.2, 0.25) is 0 Å². The lowest BCUT2D eigenvalue weighted by Gasteiger charge is -2.03. The van der Waals surface area contributed by atoms with E-state index in [1.165, 1.54) is 5.56 Å². The summed E-state index contributed by atoms with van der Waals surface area (Å²) < 4.78 is 1.85. The maximum Gasteiger partial charge on any atom is 0.153 e. The number of carbonyl (C=O) groups excluding carboxylic acids is 1. The first-order valence-electron chi connectivity index (χ1n) is 6.20. The number of aromatic nitrogens is 2. The molecule has 1 aromatic heterocycles. The number of benzene rings is 1. The van der Waals surface area contributed by atoms with E-state index in [0.717, 1.165) is 24.1 Å². The van der Waals surface area contributed by atoms with Gasteiger partial charge in [-0.15, -0.1) is 0 Å². The summed E-state index contributed by atoms with van der Waals surface area (Å²) in [4.78, 5) is 11.1. The van der Waals surface area contributed by atoms with Crippen molar-refractivity contribution in [2.75, 3.05) is 0 Å². The smallest absolute Gasteiger partial charge is 0.153 e. The van der Waals surface area contributed by atoms with Gasteiger partial charge in [0.15, 0.2) is 6.29 Å². The Bertz CT molecular complexity index is 538. The van der Waals surface area contributed by atoms with Gasteiger partial charge in [-0.2, -0.15) is 5.10 Å². The van der Waals surface area contributed by atoms with Crippen molar-refractivity contribution in [3.8, 4) is 11.3 Å². The minimum absolute atomic E-state index is 0.510. The van der Waals surface area contributed by atoms with Crippen LogP contribution in [0.15, 0.2) is 30.5 Å². The molecule has 0 fully saturated rings. The lowest BCUT2D eigenvalue weighted by Crippen LogP contribution is -2.04. The molecule has 3 heteroatoms. The van der Waals surface area contributed by atoms with Gasteiger partial charge in [-0.05, 0) is 12.8 Å². The van der Waals surface area contributed by atoms with Crippen molar-refractivity contribution in [2.24, 2.45) is 5.92 Å². The van der Waals surface area contributed by atoms with Gasteiger partial charge >= 0.3 is 0 Å². The molecule has 94 valence electrons. The molecule has 0 saturated carbocycles. The molecule has 0 aliphatic heterocycles. The Kier molecular flexibility index (Phi) is 3.60. The van der Waals surface area contributed by atoms with Crippen LogP contribution in [-0.4, -0.2) is 16.1 Å². The predicted molar refractivity (Wildman–Crippen MR) is 72.6 cm³/mol. The Morgan fingerprint density at radius 3 is 2.50 bits per heavy atom. The van der Waals surface area contributed by atoms with Gasteiger partial charge in [0.05, 0.1) is 5.56 Å². The van der Waals surface area contributed by atoms with E-state index >= 15 is 0 Å². The first kappa shape index (κ1) is 12.6. The number of hydrogen-bond donors (Lipinski definition) is 0. The molecule has 0 aliphatic rings. The van der Waals surface area contributed by atoms with Crippen LogP contribution in [0, 0.1) is 12.8 Å². The third-order valence-electron chi connectivity index (χ3n) is 2.79. The molecule has 0 saturated heterocycles. The zero-order valence-corrected chi connectivity index (χ0v) is 11.1. The second kappa shape index (κ2) is 5.17. The molecule has 2 rings (SSSR count). The molecule has 0 aliphatic carbocycles. The van der Waals surface area contributed by atoms with Crippen molar-refractivity contribution in [2.45, 2.75) is 27.3 Å². The molecule has 0 bridgehead atoms. The van der Waals surface area contributed by atoms with E-state index in [2.05, 4.69) is 18.9 Å². The molecule has 0 amide bonds. The molecule has 0 unspecified atom stereocenters. The SMILES string of the molecule is Cc1ccc(-c2nn(CC(C)C)cc2C=O)cc1. The highest BCUT2D eigenvalue weighted by Crippen LogP contribution is 2.21. The highest BCUT2D eigenvalue weighted by atomic mass is 16.1. The minimum atomic E-state index is 0.510. The summed E-state index contributed by atoms with van der Waals surface area (Å²) >= 11 is 0. The zero-order valence-electron chi connectivity index (χ0n) is 11.1. The first-order valence-corrected chi connectivity index (χ1v) is 6.20. The zero-order chi connectivity index (χ0) is 13.1. The van der Waals surface area contributed by atoms with E-state index in [-0.39, 0.29) is 0 Å². The number of nitrogens with zero attached hydrogens (tertiary/aromatic N) is 2. The van der Waals surface area contributed by atoms with Gasteiger partial charge in [0.2, 0.25) is 0 Å². The Morgan fingerprint density at radius 1 is 1.28 bits per heavy atom. The fourth-order valence-corrected chi connectivity index (χ4v) is 1.93. The molecular formula is C15H18N2O. The van der Waals surface area contributed by atoms with Crippen LogP contribution >= 0.6 is 0 Å². The van der Waals surface area contributed by atoms with Gasteiger partial charge in [0.1, 0.15) is 5.69 Å². The summed E-state index contributed by atoms with van der Waals surface area (Å²) in [6.07, 6.45) is 2.70. The number of hydrogen-bond acceptors (Lipinski definition) is 2. The van der Waals surface area contributed by atoms with Crippen molar-refractivity contribution in [3.63, 3.8) is 0 Å². The average molecular weight is 242 g/mol. The molecule has 0 spiro atoms. The highest BCUT2D eigenvalue weighted by molar-refractivity contribution is 5.85. The maximum absolute atomic E-state index is 11.1. The standard InChI is InChI=1S/C15H18N2O/c1-11(2)8-17-9-14(10-18)15(16-17)13-6-4-12(3)5-7-13/h4-7,9-11H,8H2,1-3H3. The molecule has 0 radical (unpaired) electrons. The Morgan fingerprint density at radius 2 is 1.94 bits per heavy atom. The predicted octanol–water partition coefficient (Wildman–Crippen LogP) is 3.33. The second-order valence-corrected chi connectivity index (χ2v) is 5.03. The first-order chi connectivity index (χ1) is 8.60. The number of aryl methyl sites for hydroxylation is 1. The average Bonchev–Trinajstić information content (AvgIpc) is 2.72. The van der Waals surface area contributed by atoms with Crippen molar-refractivity contribution < 1.29 is 4.79 Å². The summed E-state index contributed by atoms with van der Waals surface area (Å²) in [5.41, 5.74) is 3.61. The third-order valence-corrected chi connectivity index (χ3v) is 2.79. The molecule has 2 aromatic rings. The van der Waals surface area contributed by atoms with Crippen LogP contribution in [0.1, 0.15) is 29.8 Å². The second-order valence-electron chi connectivity index (χ2n) is 5.03. The summed E-state index contributed by atoms with van der Waals surface area (Å²) in [5.74, 6) is 0.510. The topological polar surface area (TPSA) is 34.9 Å². The normalized spacial score (nSPS) is 10.9. The van der Waals surface area contributed by atoms with Gasteiger partial charge in [-0.3, -0.25) is 9.48 Å². The van der Waals surface area contributed by atoms with E-state index in [4.69, 9.17) is 0 Å². The molecule has 18 heavy (non-hydrogen) atoms. The van der Waals surface area contributed by atoms with E-state index in [0.29, 0.717) is 11.5 Å². The number of rotatable bonds is 4.